The number of pyridine rings is 2. The zero-order valence-corrected chi connectivity index (χ0v) is 11.4. The lowest BCUT2D eigenvalue weighted by Crippen LogP contribution is -2.18. The standard InChI is InChI=1S/C14H16ClN3/c1-11-5-3-6-12(16-11)9-18(2)10-13-7-4-8-14(15)17-13/h3-8H,9-10H2,1-2H3. The van der Waals surface area contributed by atoms with E-state index < -0.39 is 0 Å². The lowest BCUT2D eigenvalue weighted by atomic mass is 10.3. The van der Waals surface area contributed by atoms with E-state index in [0.717, 1.165) is 30.2 Å². The Morgan fingerprint density at radius 1 is 1.00 bits per heavy atom. The molecule has 0 atom stereocenters. The molecule has 94 valence electrons. The first-order valence-electron chi connectivity index (χ1n) is 5.86. The summed E-state index contributed by atoms with van der Waals surface area (Å²) in [4.78, 5) is 10.9. The topological polar surface area (TPSA) is 29.0 Å². The Labute approximate surface area is 112 Å². The molecule has 4 heteroatoms. The molecule has 0 aliphatic heterocycles. The van der Waals surface area contributed by atoms with Crippen molar-refractivity contribution < 1.29 is 0 Å². The van der Waals surface area contributed by atoms with Gasteiger partial charge in [-0.3, -0.25) is 9.88 Å². The molecule has 2 heterocycles. The van der Waals surface area contributed by atoms with Crippen LogP contribution < -0.4 is 0 Å². The van der Waals surface area contributed by atoms with Crippen LogP contribution >= 0.6 is 11.6 Å². The molecule has 0 spiro atoms. The van der Waals surface area contributed by atoms with Crippen LogP contribution in [0.2, 0.25) is 5.15 Å². The maximum Gasteiger partial charge on any atom is 0.129 e. The van der Waals surface area contributed by atoms with Gasteiger partial charge in [-0.25, -0.2) is 4.98 Å². The van der Waals surface area contributed by atoms with E-state index in [1.165, 1.54) is 0 Å². The second kappa shape index (κ2) is 5.94. The molecule has 0 fully saturated rings. The van der Waals surface area contributed by atoms with Gasteiger partial charge in [0, 0.05) is 18.8 Å². The molecule has 0 aliphatic rings. The molecule has 2 aromatic heterocycles. The van der Waals surface area contributed by atoms with Crippen LogP contribution in [0.25, 0.3) is 0 Å². The third-order valence-corrected chi connectivity index (χ3v) is 2.79. The highest BCUT2D eigenvalue weighted by atomic mass is 35.5. The molecule has 0 bridgehead atoms. The highest BCUT2D eigenvalue weighted by molar-refractivity contribution is 6.29. The molecule has 0 saturated carbocycles. The first-order valence-corrected chi connectivity index (χ1v) is 6.24. The van der Waals surface area contributed by atoms with Gasteiger partial charge in [0.15, 0.2) is 0 Å². The Bertz CT molecular complexity index is 480. The third kappa shape index (κ3) is 3.79. The monoisotopic (exact) mass is 261 g/mol. The Morgan fingerprint density at radius 3 is 2.22 bits per heavy atom. The number of rotatable bonds is 4. The Balaban J connectivity index is 1.98. The fourth-order valence-electron chi connectivity index (χ4n) is 1.83. The van der Waals surface area contributed by atoms with Gasteiger partial charge in [0.25, 0.3) is 0 Å². The van der Waals surface area contributed by atoms with E-state index in [0.29, 0.717) is 5.15 Å². The fraction of sp³-hybridized carbons (Fsp3) is 0.286. The molecular weight excluding hydrogens is 246 g/mol. The summed E-state index contributed by atoms with van der Waals surface area (Å²) in [5, 5.41) is 0.537. The summed E-state index contributed by atoms with van der Waals surface area (Å²) in [6.07, 6.45) is 0. The van der Waals surface area contributed by atoms with E-state index in [2.05, 4.69) is 14.9 Å². The molecule has 2 aromatic rings. The van der Waals surface area contributed by atoms with Gasteiger partial charge in [-0.05, 0) is 38.2 Å². The quantitative estimate of drug-likeness (QED) is 0.792. The smallest absolute Gasteiger partial charge is 0.129 e. The molecule has 18 heavy (non-hydrogen) atoms. The van der Waals surface area contributed by atoms with Crippen LogP contribution in [0.5, 0.6) is 0 Å². The van der Waals surface area contributed by atoms with Crippen molar-refractivity contribution in [1.82, 2.24) is 14.9 Å². The van der Waals surface area contributed by atoms with Gasteiger partial charge < -0.3 is 0 Å². The van der Waals surface area contributed by atoms with Crippen molar-refractivity contribution in [1.29, 1.82) is 0 Å². The van der Waals surface area contributed by atoms with Gasteiger partial charge >= 0.3 is 0 Å². The van der Waals surface area contributed by atoms with Crippen LogP contribution in [-0.2, 0) is 13.1 Å². The largest absolute Gasteiger partial charge is 0.295 e. The van der Waals surface area contributed by atoms with Crippen LogP contribution in [0.1, 0.15) is 17.1 Å². The maximum atomic E-state index is 5.87. The average Bonchev–Trinajstić information content (AvgIpc) is 2.28. The molecule has 3 nitrogen and oxygen atoms in total. The van der Waals surface area contributed by atoms with Crippen molar-refractivity contribution in [2.24, 2.45) is 0 Å². The average molecular weight is 262 g/mol. The van der Waals surface area contributed by atoms with Crippen molar-refractivity contribution in [2.75, 3.05) is 7.05 Å². The molecule has 0 aromatic carbocycles. The summed E-state index contributed by atoms with van der Waals surface area (Å²) in [5.74, 6) is 0. The Morgan fingerprint density at radius 2 is 1.61 bits per heavy atom. The SMILES string of the molecule is Cc1cccc(CN(C)Cc2cccc(Cl)n2)n1. The predicted octanol–water partition coefficient (Wildman–Crippen LogP) is 3.07. The third-order valence-electron chi connectivity index (χ3n) is 2.58. The first kappa shape index (κ1) is 13.0. The Kier molecular flexibility index (Phi) is 4.28. The van der Waals surface area contributed by atoms with E-state index in [9.17, 15) is 0 Å². The van der Waals surface area contributed by atoms with Gasteiger partial charge in [-0.2, -0.15) is 0 Å². The second-order valence-electron chi connectivity index (χ2n) is 4.39. The summed E-state index contributed by atoms with van der Waals surface area (Å²) in [7, 11) is 2.05. The zero-order chi connectivity index (χ0) is 13.0. The molecule has 0 radical (unpaired) electrons. The van der Waals surface area contributed by atoms with Gasteiger partial charge in [0.1, 0.15) is 5.15 Å². The fourth-order valence-corrected chi connectivity index (χ4v) is 2.02. The van der Waals surface area contributed by atoms with Crippen LogP contribution in [0.3, 0.4) is 0 Å². The number of hydrogen-bond acceptors (Lipinski definition) is 3. The normalized spacial score (nSPS) is 10.9. The van der Waals surface area contributed by atoms with E-state index in [1.54, 1.807) is 6.07 Å². The van der Waals surface area contributed by atoms with E-state index in [1.807, 2.05) is 44.3 Å². The zero-order valence-electron chi connectivity index (χ0n) is 10.6. The maximum absolute atomic E-state index is 5.87. The number of halogens is 1. The summed E-state index contributed by atoms with van der Waals surface area (Å²) >= 11 is 5.87. The van der Waals surface area contributed by atoms with Crippen LogP contribution in [0, 0.1) is 6.92 Å². The van der Waals surface area contributed by atoms with Crippen molar-refractivity contribution in [3.63, 3.8) is 0 Å². The van der Waals surface area contributed by atoms with Crippen LogP contribution in [0.4, 0.5) is 0 Å². The number of aromatic nitrogens is 2. The van der Waals surface area contributed by atoms with Crippen LogP contribution in [-0.4, -0.2) is 21.9 Å². The van der Waals surface area contributed by atoms with E-state index >= 15 is 0 Å². The molecule has 0 unspecified atom stereocenters. The second-order valence-corrected chi connectivity index (χ2v) is 4.78. The lowest BCUT2D eigenvalue weighted by Gasteiger charge is -2.15. The molecular formula is C14H16ClN3. The van der Waals surface area contributed by atoms with Gasteiger partial charge in [0.05, 0.1) is 11.4 Å². The summed E-state index contributed by atoms with van der Waals surface area (Å²) < 4.78 is 0. The highest BCUT2D eigenvalue weighted by Gasteiger charge is 2.04. The summed E-state index contributed by atoms with van der Waals surface area (Å²) in [5.41, 5.74) is 3.08. The highest BCUT2D eigenvalue weighted by Crippen LogP contribution is 2.09. The van der Waals surface area contributed by atoms with Gasteiger partial charge in [0.2, 0.25) is 0 Å². The van der Waals surface area contributed by atoms with Crippen molar-refractivity contribution >= 4 is 11.6 Å². The minimum absolute atomic E-state index is 0.537. The van der Waals surface area contributed by atoms with E-state index in [4.69, 9.17) is 11.6 Å². The van der Waals surface area contributed by atoms with Crippen molar-refractivity contribution in [3.05, 3.63) is 58.6 Å². The molecule has 0 N–H and O–H groups in total. The lowest BCUT2D eigenvalue weighted by molar-refractivity contribution is 0.311. The van der Waals surface area contributed by atoms with Gasteiger partial charge in [-0.15, -0.1) is 0 Å². The molecule has 2 rings (SSSR count). The molecule has 0 aliphatic carbocycles. The first-order chi connectivity index (χ1) is 8.63. The Hall–Kier alpha value is -1.45. The number of hydrogen-bond donors (Lipinski definition) is 0. The number of nitrogens with zero attached hydrogens (tertiary/aromatic N) is 3. The van der Waals surface area contributed by atoms with Crippen LogP contribution in [0.15, 0.2) is 36.4 Å². The summed E-state index contributed by atoms with van der Waals surface area (Å²) in [6, 6.07) is 11.8. The predicted molar refractivity (Wildman–Crippen MR) is 73.4 cm³/mol. The van der Waals surface area contributed by atoms with Crippen molar-refractivity contribution in [3.8, 4) is 0 Å². The van der Waals surface area contributed by atoms with E-state index in [-0.39, 0.29) is 0 Å². The van der Waals surface area contributed by atoms with Crippen molar-refractivity contribution in [2.45, 2.75) is 20.0 Å². The molecule has 0 saturated heterocycles. The minimum Gasteiger partial charge on any atom is -0.295 e. The summed E-state index contributed by atoms with van der Waals surface area (Å²) in [6.45, 7) is 3.56. The minimum atomic E-state index is 0.537. The number of aryl methyl sites for hydroxylation is 1. The molecule has 0 amide bonds. The van der Waals surface area contributed by atoms with Gasteiger partial charge in [-0.1, -0.05) is 23.7 Å².